The van der Waals surface area contributed by atoms with Crippen LogP contribution in [-0.2, 0) is 11.2 Å². The third kappa shape index (κ3) is 5.48. The average Bonchev–Trinajstić information content (AvgIpc) is 3.49. The minimum absolute atomic E-state index is 0.00477. The van der Waals surface area contributed by atoms with Crippen molar-refractivity contribution in [2.75, 3.05) is 6.54 Å². The summed E-state index contributed by atoms with van der Waals surface area (Å²) in [7, 11) is 0. The van der Waals surface area contributed by atoms with Crippen molar-refractivity contribution in [3.8, 4) is 11.4 Å². The van der Waals surface area contributed by atoms with Crippen LogP contribution in [0.25, 0.3) is 17.0 Å². The molecule has 4 rings (SSSR count). The van der Waals surface area contributed by atoms with Crippen LogP contribution in [0.15, 0.2) is 60.7 Å². The summed E-state index contributed by atoms with van der Waals surface area (Å²) < 4.78 is 26.2. The van der Waals surface area contributed by atoms with Crippen LogP contribution < -0.4 is 0 Å². The highest BCUT2D eigenvalue weighted by atomic mass is 19.3. The van der Waals surface area contributed by atoms with Crippen LogP contribution in [0.1, 0.15) is 30.4 Å². The molecule has 1 fully saturated rings. The summed E-state index contributed by atoms with van der Waals surface area (Å²) in [5.41, 5.74) is 3.26. The Balaban J connectivity index is 1.48. The molecule has 2 N–H and O–H groups in total. The zero-order valence-electron chi connectivity index (χ0n) is 17.9. The van der Waals surface area contributed by atoms with Gasteiger partial charge in [-0.3, -0.25) is 4.79 Å². The number of hydrogen-bond donors (Lipinski definition) is 2. The van der Waals surface area contributed by atoms with Crippen molar-refractivity contribution in [1.29, 1.82) is 0 Å². The van der Waals surface area contributed by atoms with Crippen LogP contribution in [0.5, 0.6) is 0 Å². The van der Waals surface area contributed by atoms with E-state index in [9.17, 15) is 18.7 Å². The molecule has 9 heteroatoms. The highest BCUT2D eigenvalue weighted by Gasteiger charge is 2.34. The first-order chi connectivity index (χ1) is 16.0. The number of aliphatic hydroxyl groups excluding tert-OH is 1. The topological polar surface area (TPSA) is 95.0 Å². The van der Waals surface area contributed by atoms with Crippen molar-refractivity contribution in [1.82, 2.24) is 25.5 Å². The van der Waals surface area contributed by atoms with Gasteiger partial charge in [-0.2, -0.15) is 0 Å². The minimum Gasteiger partial charge on any atom is -0.383 e. The lowest BCUT2D eigenvalue weighted by Crippen LogP contribution is -2.35. The summed E-state index contributed by atoms with van der Waals surface area (Å²) in [5.74, 6) is 0.580. The van der Waals surface area contributed by atoms with Crippen molar-refractivity contribution < 1.29 is 18.7 Å². The number of aromatic nitrogens is 4. The predicted octanol–water partition coefficient (Wildman–Crippen LogP) is 3.50. The van der Waals surface area contributed by atoms with Crippen molar-refractivity contribution in [2.24, 2.45) is 0 Å². The summed E-state index contributed by atoms with van der Waals surface area (Å²) in [5, 5.41) is 23.7. The summed E-state index contributed by atoms with van der Waals surface area (Å²) >= 11 is 0. The zero-order chi connectivity index (χ0) is 23.2. The number of carbonyl (C=O) groups excluding carboxylic acids is 1. The van der Waals surface area contributed by atoms with Gasteiger partial charge in [-0.15, -0.1) is 5.10 Å². The highest BCUT2D eigenvalue weighted by molar-refractivity contribution is 5.84. The SMILES string of the molecule is O=C1CC[C@H](C(=CC(O)C(F)F)c2ccccc2)N1CCCc1cccc(-c2nnn[nH]2)c1. The number of halogens is 2. The second-order valence-electron chi connectivity index (χ2n) is 8.01. The Morgan fingerprint density at radius 2 is 2.03 bits per heavy atom. The molecule has 0 radical (unpaired) electrons. The van der Waals surface area contributed by atoms with Crippen LogP contribution >= 0.6 is 0 Å². The van der Waals surface area contributed by atoms with Gasteiger partial charge in [0, 0.05) is 18.5 Å². The molecule has 3 aromatic rings. The minimum atomic E-state index is -2.89. The number of hydrogen-bond acceptors (Lipinski definition) is 5. The Hall–Kier alpha value is -3.46. The maximum absolute atomic E-state index is 13.1. The monoisotopic (exact) mass is 453 g/mol. The molecular weight excluding hydrogens is 428 g/mol. The molecular formula is C24H25F2N5O2. The first-order valence-corrected chi connectivity index (χ1v) is 10.9. The van der Waals surface area contributed by atoms with Gasteiger partial charge in [0.15, 0.2) is 5.82 Å². The van der Waals surface area contributed by atoms with E-state index in [2.05, 4.69) is 20.6 Å². The Morgan fingerprint density at radius 1 is 1.21 bits per heavy atom. The van der Waals surface area contributed by atoms with E-state index in [4.69, 9.17) is 0 Å². The molecule has 2 atom stereocenters. The van der Waals surface area contributed by atoms with E-state index in [1.807, 2.05) is 54.6 Å². The summed E-state index contributed by atoms with van der Waals surface area (Å²) in [4.78, 5) is 14.4. The number of amides is 1. The third-order valence-corrected chi connectivity index (χ3v) is 5.81. The Labute approximate surface area is 190 Å². The lowest BCUT2D eigenvalue weighted by molar-refractivity contribution is -0.128. The van der Waals surface area contributed by atoms with E-state index in [1.165, 1.54) is 6.08 Å². The molecule has 0 spiro atoms. The zero-order valence-corrected chi connectivity index (χ0v) is 17.9. The number of tetrazole rings is 1. The molecule has 1 aromatic heterocycles. The predicted molar refractivity (Wildman–Crippen MR) is 119 cm³/mol. The van der Waals surface area contributed by atoms with Crippen LogP contribution in [0.4, 0.5) is 8.78 Å². The molecule has 33 heavy (non-hydrogen) atoms. The summed E-state index contributed by atoms with van der Waals surface area (Å²) in [6.45, 7) is 0.493. The number of aromatic amines is 1. The van der Waals surface area contributed by atoms with Crippen molar-refractivity contribution in [3.63, 3.8) is 0 Å². The maximum atomic E-state index is 13.1. The third-order valence-electron chi connectivity index (χ3n) is 5.81. The number of benzene rings is 2. The quantitative estimate of drug-likeness (QED) is 0.517. The molecule has 0 aliphatic carbocycles. The first kappa shape index (κ1) is 22.7. The fourth-order valence-electron chi connectivity index (χ4n) is 4.23. The number of carbonyl (C=O) groups is 1. The van der Waals surface area contributed by atoms with Crippen molar-refractivity contribution >= 4 is 11.5 Å². The van der Waals surface area contributed by atoms with Gasteiger partial charge >= 0.3 is 0 Å². The molecule has 0 bridgehead atoms. The number of aliphatic hydroxyl groups is 1. The Kier molecular flexibility index (Phi) is 7.19. The standard InChI is InChI=1S/C24H25F2N5O2/c25-23(26)21(32)15-19(17-8-2-1-3-9-17)20-11-12-22(33)31(20)13-5-7-16-6-4-10-18(14-16)24-27-29-30-28-24/h1-4,6,8-10,14-15,20-21,23,32H,5,7,11-13H2,(H,27,28,29,30)/t20-,21?/m1/s1. The second kappa shape index (κ2) is 10.4. The van der Waals surface area contributed by atoms with E-state index in [-0.39, 0.29) is 11.9 Å². The molecule has 1 aliphatic rings. The van der Waals surface area contributed by atoms with Crippen LogP contribution in [-0.4, -0.2) is 61.7 Å². The lowest BCUT2D eigenvalue weighted by Gasteiger charge is -2.28. The van der Waals surface area contributed by atoms with Gasteiger partial charge in [-0.05, 0) is 58.5 Å². The normalized spacial score (nSPS) is 17.7. The van der Waals surface area contributed by atoms with E-state index in [0.29, 0.717) is 37.2 Å². The highest BCUT2D eigenvalue weighted by Crippen LogP contribution is 2.32. The number of nitrogens with one attached hydrogen (secondary N) is 1. The summed E-state index contributed by atoms with van der Waals surface area (Å²) in [6.07, 6.45) is -1.25. The Morgan fingerprint density at radius 3 is 2.76 bits per heavy atom. The average molecular weight is 453 g/mol. The van der Waals surface area contributed by atoms with Crippen molar-refractivity contribution in [3.05, 3.63) is 71.8 Å². The molecule has 172 valence electrons. The Bertz CT molecular complexity index is 1090. The van der Waals surface area contributed by atoms with Gasteiger partial charge in [-0.25, -0.2) is 13.9 Å². The number of likely N-dealkylation sites (tertiary alicyclic amines) is 1. The fourth-order valence-corrected chi connectivity index (χ4v) is 4.23. The number of H-pyrrole nitrogens is 1. The smallest absolute Gasteiger partial charge is 0.267 e. The van der Waals surface area contributed by atoms with Gasteiger partial charge in [0.25, 0.3) is 6.43 Å². The molecule has 0 saturated carbocycles. The molecule has 2 heterocycles. The van der Waals surface area contributed by atoms with Gasteiger partial charge in [0.05, 0.1) is 6.04 Å². The van der Waals surface area contributed by atoms with Crippen LogP contribution in [0.2, 0.25) is 0 Å². The number of aryl methyl sites for hydroxylation is 1. The number of alkyl halides is 2. The maximum Gasteiger partial charge on any atom is 0.267 e. The molecule has 1 saturated heterocycles. The van der Waals surface area contributed by atoms with Crippen molar-refractivity contribution in [2.45, 2.75) is 44.3 Å². The van der Waals surface area contributed by atoms with E-state index < -0.39 is 12.5 Å². The van der Waals surface area contributed by atoms with Gasteiger partial charge in [0.1, 0.15) is 6.10 Å². The molecule has 1 aliphatic heterocycles. The molecule has 2 aromatic carbocycles. The molecule has 1 amide bonds. The van der Waals surface area contributed by atoms with E-state index in [0.717, 1.165) is 23.1 Å². The molecule has 1 unspecified atom stereocenters. The fraction of sp³-hybridized carbons (Fsp3) is 0.333. The van der Waals surface area contributed by atoms with E-state index in [1.54, 1.807) is 4.90 Å². The lowest BCUT2D eigenvalue weighted by atomic mass is 9.94. The van der Waals surface area contributed by atoms with Gasteiger partial charge < -0.3 is 10.0 Å². The van der Waals surface area contributed by atoms with Gasteiger partial charge in [-0.1, -0.05) is 48.5 Å². The van der Waals surface area contributed by atoms with Gasteiger partial charge in [0.2, 0.25) is 5.91 Å². The van der Waals surface area contributed by atoms with E-state index >= 15 is 0 Å². The summed E-state index contributed by atoms with van der Waals surface area (Å²) in [6, 6.07) is 16.6. The van der Waals surface area contributed by atoms with Crippen LogP contribution in [0, 0.1) is 0 Å². The molecule has 7 nitrogen and oxygen atoms in total. The number of nitrogens with zero attached hydrogens (tertiary/aromatic N) is 4. The largest absolute Gasteiger partial charge is 0.383 e. The second-order valence-corrected chi connectivity index (χ2v) is 8.01. The van der Waals surface area contributed by atoms with Crippen LogP contribution in [0.3, 0.4) is 0 Å². The first-order valence-electron chi connectivity index (χ1n) is 10.9. The number of rotatable bonds is 9.